The molecule has 0 radical (unpaired) electrons. The second kappa shape index (κ2) is 11.4. The second-order valence-corrected chi connectivity index (χ2v) is 9.94. The van der Waals surface area contributed by atoms with E-state index in [2.05, 4.69) is 28.2 Å². The summed E-state index contributed by atoms with van der Waals surface area (Å²) in [6.45, 7) is 0. The number of benzene rings is 3. The first-order chi connectivity index (χ1) is 17.0. The van der Waals surface area contributed by atoms with Crippen molar-refractivity contribution >= 4 is 69.1 Å². The Morgan fingerprint density at radius 1 is 0.917 bits per heavy atom. The van der Waals surface area contributed by atoms with Crippen LogP contribution in [0, 0.1) is 0 Å². The molecule has 0 aliphatic heterocycles. The largest absolute Gasteiger partial charge is 0.495 e. The van der Waals surface area contributed by atoms with Gasteiger partial charge in [0.05, 0.1) is 36.9 Å². The lowest BCUT2D eigenvalue weighted by Crippen LogP contribution is -2.27. The van der Waals surface area contributed by atoms with E-state index in [0.717, 1.165) is 10.6 Å². The fourth-order valence-electron chi connectivity index (χ4n) is 3.07. The smallest absolute Gasteiger partial charge is 0.336 e. The molecule has 36 heavy (non-hydrogen) atoms. The minimum absolute atomic E-state index is 0.259. The summed E-state index contributed by atoms with van der Waals surface area (Å²) in [6, 6.07) is 14.9. The van der Waals surface area contributed by atoms with Gasteiger partial charge in [-0.3, -0.25) is 9.52 Å². The Bertz CT molecular complexity index is 1380. The fourth-order valence-corrected chi connectivity index (χ4v) is 4.05. The number of methoxy groups -OCH3 is 2. The van der Waals surface area contributed by atoms with Gasteiger partial charge in [0, 0.05) is 23.0 Å². The van der Waals surface area contributed by atoms with Gasteiger partial charge in [-0.2, -0.15) is 0 Å². The highest BCUT2D eigenvalue weighted by Crippen LogP contribution is 2.36. The number of ether oxygens (including phenoxy) is 2. The number of amides is 3. The fraction of sp³-hybridized carbons (Fsp3) is 0.130. The van der Waals surface area contributed by atoms with Crippen molar-refractivity contribution in [2.75, 3.05) is 40.1 Å². The average molecular weight is 551 g/mol. The maximum absolute atomic E-state index is 12.7. The quantitative estimate of drug-likeness (QED) is 0.297. The van der Waals surface area contributed by atoms with Gasteiger partial charge in [-0.1, -0.05) is 30.5 Å². The van der Waals surface area contributed by atoms with Crippen molar-refractivity contribution in [1.82, 2.24) is 0 Å². The molecule has 0 aliphatic rings. The molecule has 190 valence electrons. The standard InChI is InChI=1S/C23H23ClN4O6S2/c1-33-20-13-21(34-2)19(12-18(20)24)26-23(30)28(35)17-9-7-15(8-10-17)25-22(29)14-5-4-6-16(11-14)27-36(3,31)32/h4-13,27,35H,1-3H3,(H,25,29)(H,26,30). The van der Waals surface area contributed by atoms with E-state index < -0.39 is 22.0 Å². The van der Waals surface area contributed by atoms with Gasteiger partial charge in [0.2, 0.25) is 10.0 Å². The molecule has 0 saturated carbocycles. The van der Waals surface area contributed by atoms with Gasteiger partial charge in [0.15, 0.2) is 0 Å². The zero-order chi connectivity index (χ0) is 26.5. The first-order valence-corrected chi connectivity index (χ1v) is 12.9. The SMILES string of the molecule is COc1cc(OC)c(NC(=O)N(S)c2ccc(NC(=O)c3cccc(NS(C)(=O)=O)c3)cc2)cc1Cl. The number of halogens is 1. The van der Waals surface area contributed by atoms with E-state index in [0.29, 0.717) is 28.6 Å². The Labute approximate surface area is 219 Å². The molecule has 3 amide bonds. The first-order valence-electron chi connectivity index (χ1n) is 10.2. The number of carbonyl (C=O) groups excluding carboxylic acids is 2. The molecule has 3 rings (SSSR count). The van der Waals surface area contributed by atoms with Crippen LogP contribution in [0.2, 0.25) is 5.02 Å². The van der Waals surface area contributed by atoms with Crippen LogP contribution in [0.3, 0.4) is 0 Å². The van der Waals surface area contributed by atoms with Crippen molar-refractivity contribution in [3.05, 3.63) is 71.2 Å². The number of sulfonamides is 1. The van der Waals surface area contributed by atoms with Crippen LogP contribution in [-0.2, 0) is 10.0 Å². The lowest BCUT2D eigenvalue weighted by atomic mass is 10.2. The highest BCUT2D eigenvalue weighted by molar-refractivity contribution is 7.92. The monoisotopic (exact) mass is 550 g/mol. The molecule has 0 aromatic heterocycles. The molecule has 0 spiro atoms. The minimum atomic E-state index is -3.47. The average Bonchev–Trinajstić information content (AvgIpc) is 2.83. The summed E-state index contributed by atoms with van der Waals surface area (Å²) in [5.74, 6) is 0.300. The topological polar surface area (TPSA) is 126 Å². The maximum Gasteiger partial charge on any atom is 0.336 e. The number of hydrogen-bond donors (Lipinski definition) is 4. The van der Waals surface area contributed by atoms with Gasteiger partial charge in [0.1, 0.15) is 11.5 Å². The zero-order valence-corrected chi connectivity index (χ0v) is 21.9. The second-order valence-electron chi connectivity index (χ2n) is 7.39. The van der Waals surface area contributed by atoms with E-state index in [-0.39, 0.29) is 16.3 Å². The van der Waals surface area contributed by atoms with E-state index in [1.807, 2.05) is 0 Å². The van der Waals surface area contributed by atoms with E-state index in [1.54, 1.807) is 42.5 Å². The van der Waals surface area contributed by atoms with Gasteiger partial charge in [-0.25, -0.2) is 17.5 Å². The third-order valence-electron chi connectivity index (χ3n) is 4.71. The van der Waals surface area contributed by atoms with Crippen LogP contribution >= 0.6 is 24.4 Å². The summed E-state index contributed by atoms with van der Waals surface area (Å²) < 4.78 is 36.7. The number of hydrogen-bond acceptors (Lipinski definition) is 7. The summed E-state index contributed by atoms with van der Waals surface area (Å²) in [4.78, 5) is 25.3. The van der Waals surface area contributed by atoms with Crippen LogP contribution in [0.4, 0.5) is 27.5 Å². The van der Waals surface area contributed by atoms with Crippen LogP contribution in [0.25, 0.3) is 0 Å². The van der Waals surface area contributed by atoms with Crippen LogP contribution < -0.4 is 29.1 Å². The lowest BCUT2D eigenvalue weighted by Gasteiger charge is -2.19. The number of rotatable bonds is 8. The Hall–Kier alpha value is -3.61. The number of urea groups is 1. The first kappa shape index (κ1) is 27.0. The zero-order valence-electron chi connectivity index (χ0n) is 19.4. The molecule has 3 aromatic carbocycles. The Morgan fingerprint density at radius 3 is 2.19 bits per heavy atom. The molecule has 0 heterocycles. The molecule has 3 aromatic rings. The van der Waals surface area contributed by atoms with Gasteiger partial charge in [-0.05, 0) is 48.5 Å². The molecule has 10 nitrogen and oxygen atoms in total. The number of nitrogens with zero attached hydrogens (tertiary/aromatic N) is 1. The molecule has 0 aliphatic carbocycles. The summed E-state index contributed by atoms with van der Waals surface area (Å²) in [6.07, 6.45) is 1.02. The Balaban J connectivity index is 1.68. The lowest BCUT2D eigenvalue weighted by molar-refractivity contribution is 0.102. The predicted octanol–water partition coefficient (Wildman–Crippen LogP) is 4.86. The molecule has 0 saturated heterocycles. The van der Waals surface area contributed by atoms with Crippen molar-refractivity contribution < 1.29 is 27.5 Å². The third kappa shape index (κ3) is 6.97. The number of carbonyl (C=O) groups is 2. The van der Waals surface area contributed by atoms with Crippen LogP contribution in [0.5, 0.6) is 11.5 Å². The van der Waals surface area contributed by atoms with Crippen molar-refractivity contribution in [2.45, 2.75) is 0 Å². The van der Waals surface area contributed by atoms with E-state index in [9.17, 15) is 18.0 Å². The Kier molecular flexibility index (Phi) is 8.56. The van der Waals surface area contributed by atoms with Gasteiger partial charge in [-0.15, -0.1) is 0 Å². The van der Waals surface area contributed by atoms with E-state index >= 15 is 0 Å². The third-order valence-corrected chi connectivity index (χ3v) is 6.02. The van der Waals surface area contributed by atoms with Gasteiger partial charge in [0.25, 0.3) is 5.91 Å². The maximum atomic E-state index is 12.7. The van der Waals surface area contributed by atoms with Crippen LogP contribution in [-0.4, -0.2) is 40.8 Å². The summed E-state index contributed by atoms with van der Waals surface area (Å²) in [7, 11) is -0.561. The highest BCUT2D eigenvalue weighted by Gasteiger charge is 2.17. The van der Waals surface area contributed by atoms with E-state index in [1.165, 1.54) is 32.4 Å². The van der Waals surface area contributed by atoms with Crippen LogP contribution in [0.15, 0.2) is 60.7 Å². The number of thiol groups is 1. The number of anilines is 4. The molecule has 0 bridgehead atoms. The van der Waals surface area contributed by atoms with Crippen molar-refractivity contribution in [3.63, 3.8) is 0 Å². The highest BCUT2D eigenvalue weighted by atomic mass is 35.5. The van der Waals surface area contributed by atoms with E-state index in [4.69, 9.17) is 21.1 Å². The number of nitrogens with one attached hydrogen (secondary N) is 3. The Morgan fingerprint density at radius 2 is 1.58 bits per heavy atom. The molecule has 13 heteroatoms. The molecular formula is C23H23ClN4O6S2. The van der Waals surface area contributed by atoms with Crippen LogP contribution in [0.1, 0.15) is 10.4 Å². The predicted molar refractivity (Wildman–Crippen MR) is 144 cm³/mol. The summed E-state index contributed by atoms with van der Waals surface area (Å²) >= 11 is 10.4. The molecule has 0 atom stereocenters. The van der Waals surface area contributed by atoms with Crippen molar-refractivity contribution in [2.24, 2.45) is 0 Å². The van der Waals surface area contributed by atoms with Gasteiger partial charge >= 0.3 is 6.03 Å². The minimum Gasteiger partial charge on any atom is -0.495 e. The van der Waals surface area contributed by atoms with Gasteiger partial charge < -0.3 is 20.1 Å². The summed E-state index contributed by atoms with van der Waals surface area (Å²) in [5.41, 5.74) is 1.73. The molecule has 3 N–H and O–H groups in total. The molecular weight excluding hydrogens is 528 g/mol. The normalized spacial score (nSPS) is 10.8. The molecule has 0 unspecified atom stereocenters. The van der Waals surface area contributed by atoms with Crippen molar-refractivity contribution in [3.8, 4) is 11.5 Å². The molecule has 0 fully saturated rings. The van der Waals surface area contributed by atoms with Crippen molar-refractivity contribution in [1.29, 1.82) is 0 Å². The summed E-state index contributed by atoms with van der Waals surface area (Å²) in [5, 5.41) is 5.67.